The SMILES string of the molecule is CCCCCCCC(C)(N)c1ccc(OC)cc1. The number of benzene rings is 1. The van der Waals surface area contributed by atoms with E-state index in [1.807, 2.05) is 12.1 Å². The molecule has 0 spiro atoms. The van der Waals surface area contributed by atoms with E-state index in [4.69, 9.17) is 10.5 Å². The van der Waals surface area contributed by atoms with Gasteiger partial charge in [-0.2, -0.15) is 0 Å². The van der Waals surface area contributed by atoms with Gasteiger partial charge < -0.3 is 10.5 Å². The Bertz CT molecular complexity index is 329. The highest BCUT2D eigenvalue weighted by Crippen LogP contribution is 2.26. The largest absolute Gasteiger partial charge is 0.497 e. The standard InChI is InChI=1S/C16H27NO/c1-4-5-6-7-8-13-16(2,17)14-9-11-15(18-3)12-10-14/h9-12H,4-8,13,17H2,1-3H3. The lowest BCUT2D eigenvalue weighted by Crippen LogP contribution is -2.32. The molecule has 102 valence electrons. The van der Waals surface area contributed by atoms with Crippen LogP contribution in [0.4, 0.5) is 0 Å². The normalized spacial score (nSPS) is 14.2. The first-order valence-corrected chi connectivity index (χ1v) is 7.03. The first kappa shape index (κ1) is 15.0. The maximum Gasteiger partial charge on any atom is 0.118 e. The number of hydrogen-bond acceptors (Lipinski definition) is 2. The minimum absolute atomic E-state index is 0.224. The van der Waals surface area contributed by atoms with Gasteiger partial charge in [-0.3, -0.25) is 0 Å². The van der Waals surface area contributed by atoms with Gasteiger partial charge in [0.05, 0.1) is 7.11 Å². The van der Waals surface area contributed by atoms with Crippen molar-refractivity contribution in [3.63, 3.8) is 0 Å². The molecule has 0 saturated heterocycles. The zero-order valence-corrected chi connectivity index (χ0v) is 12.0. The molecule has 0 fully saturated rings. The van der Waals surface area contributed by atoms with Crippen molar-refractivity contribution in [2.45, 2.75) is 57.9 Å². The van der Waals surface area contributed by atoms with Crippen LogP contribution in [0, 0.1) is 0 Å². The molecule has 1 atom stereocenters. The molecule has 0 saturated carbocycles. The van der Waals surface area contributed by atoms with Gasteiger partial charge in [-0.1, -0.05) is 51.2 Å². The molecular weight excluding hydrogens is 222 g/mol. The van der Waals surface area contributed by atoms with E-state index in [1.165, 1.54) is 37.7 Å². The molecule has 18 heavy (non-hydrogen) atoms. The predicted molar refractivity (Wildman–Crippen MR) is 77.9 cm³/mol. The summed E-state index contributed by atoms with van der Waals surface area (Å²) in [6, 6.07) is 8.12. The molecule has 1 unspecified atom stereocenters. The average molecular weight is 249 g/mol. The lowest BCUT2D eigenvalue weighted by Gasteiger charge is -2.25. The van der Waals surface area contributed by atoms with Crippen LogP contribution < -0.4 is 10.5 Å². The molecule has 2 N–H and O–H groups in total. The average Bonchev–Trinajstić information content (AvgIpc) is 2.38. The zero-order valence-electron chi connectivity index (χ0n) is 12.0. The van der Waals surface area contributed by atoms with Crippen molar-refractivity contribution in [3.05, 3.63) is 29.8 Å². The Morgan fingerprint density at radius 1 is 1.06 bits per heavy atom. The fourth-order valence-corrected chi connectivity index (χ4v) is 2.21. The summed E-state index contributed by atoms with van der Waals surface area (Å²) >= 11 is 0. The third kappa shape index (κ3) is 4.69. The molecule has 0 heterocycles. The van der Waals surface area contributed by atoms with Crippen molar-refractivity contribution in [1.29, 1.82) is 0 Å². The second-order valence-electron chi connectivity index (χ2n) is 5.31. The van der Waals surface area contributed by atoms with Gasteiger partial charge in [0.25, 0.3) is 0 Å². The summed E-state index contributed by atoms with van der Waals surface area (Å²) in [5.41, 5.74) is 7.37. The third-order valence-electron chi connectivity index (χ3n) is 3.55. The Morgan fingerprint density at radius 3 is 2.22 bits per heavy atom. The summed E-state index contributed by atoms with van der Waals surface area (Å²) in [6.07, 6.45) is 7.50. The molecule has 2 nitrogen and oxygen atoms in total. The molecule has 0 aromatic heterocycles. The summed E-state index contributed by atoms with van der Waals surface area (Å²) in [5.74, 6) is 0.887. The number of ether oxygens (including phenoxy) is 1. The van der Waals surface area contributed by atoms with Crippen LogP contribution in [0.1, 0.15) is 57.9 Å². The molecular formula is C16H27NO. The van der Waals surface area contributed by atoms with Gasteiger partial charge in [0, 0.05) is 5.54 Å². The third-order valence-corrected chi connectivity index (χ3v) is 3.55. The highest BCUT2D eigenvalue weighted by molar-refractivity contribution is 5.31. The molecule has 0 bridgehead atoms. The van der Waals surface area contributed by atoms with Crippen molar-refractivity contribution in [2.75, 3.05) is 7.11 Å². The summed E-state index contributed by atoms with van der Waals surface area (Å²) in [6.45, 7) is 4.36. The Kier molecular flexibility index (Phi) is 6.20. The number of methoxy groups -OCH3 is 1. The number of nitrogens with two attached hydrogens (primary N) is 1. The molecule has 0 aliphatic heterocycles. The van der Waals surface area contributed by atoms with Gasteiger partial charge in [0.1, 0.15) is 5.75 Å². The maximum absolute atomic E-state index is 6.40. The Labute approximate surface area is 112 Å². The molecule has 0 aliphatic rings. The van der Waals surface area contributed by atoms with Crippen LogP contribution in [0.25, 0.3) is 0 Å². The lowest BCUT2D eigenvalue weighted by atomic mass is 9.87. The quantitative estimate of drug-likeness (QED) is 0.700. The molecule has 1 rings (SSSR count). The van der Waals surface area contributed by atoms with Gasteiger partial charge in [0.15, 0.2) is 0 Å². The number of hydrogen-bond donors (Lipinski definition) is 1. The van der Waals surface area contributed by atoms with Gasteiger partial charge in [-0.05, 0) is 31.0 Å². The fourth-order valence-electron chi connectivity index (χ4n) is 2.21. The lowest BCUT2D eigenvalue weighted by molar-refractivity contribution is 0.409. The van der Waals surface area contributed by atoms with Crippen LogP contribution in [0.15, 0.2) is 24.3 Å². The molecule has 0 amide bonds. The van der Waals surface area contributed by atoms with Gasteiger partial charge in [-0.25, -0.2) is 0 Å². The van der Waals surface area contributed by atoms with E-state index >= 15 is 0 Å². The topological polar surface area (TPSA) is 35.2 Å². The first-order valence-electron chi connectivity index (χ1n) is 7.03. The van der Waals surface area contributed by atoms with Crippen LogP contribution in [0.2, 0.25) is 0 Å². The van der Waals surface area contributed by atoms with Crippen LogP contribution >= 0.6 is 0 Å². The molecule has 2 heteroatoms. The van der Waals surface area contributed by atoms with Gasteiger partial charge in [0.2, 0.25) is 0 Å². The van der Waals surface area contributed by atoms with Gasteiger partial charge >= 0.3 is 0 Å². The minimum Gasteiger partial charge on any atom is -0.497 e. The molecule has 1 aromatic rings. The van der Waals surface area contributed by atoms with E-state index in [-0.39, 0.29) is 5.54 Å². The van der Waals surface area contributed by atoms with Crippen LogP contribution in [0.5, 0.6) is 5.75 Å². The summed E-state index contributed by atoms with van der Waals surface area (Å²) in [7, 11) is 1.68. The Balaban J connectivity index is 2.45. The van der Waals surface area contributed by atoms with Crippen LogP contribution in [0.3, 0.4) is 0 Å². The Morgan fingerprint density at radius 2 is 1.67 bits per heavy atom. The molecule has 0 aliphatic carbocycles. The highest BCUT2D eigenvalue weighted by Gasteiger charge is 2.20. The first-order chi connectivity index (χ1) is 8.60. The summed E-state index contributed by atoms with van der Waals surface area (Å²) in [4.78, 5) is 0. The van der Waals surface area contributed by atoms with Crippen molar-refractivity contribution >= 4 is 0 Å². The van der Waals surface area contributed by atoms with Crippen molar-refractivity contribution in [2.24, 2.45) is 5.73 Å². The minimum atomic E-state index is -0.224. The van der Waals surface area contributed by atoms with E-state index in [1.54, 1.807) is 7.11 Å². The highest BCUT2D eigenvalue weighted by atomic mass is 16.5. The number of unbranched alkanes of at least 4 members (excludes halogenated alkanes) is 4. The van der Waals surface area contributed by atoms with E-state index in [2.05, 4.69) is 26.0 Å². The second-order valence-corrected chi connectivity index (χ2v) is 5.31. The smallest absolute Gasteiger partial charge is 0.118 e. The summed E-state index contributed by atoms with van der Waals surface area (Å²) in [5, 5.41) is 0. The van der Waals surface area contributed by atoms with E-state index in [9.17, 15) is 0 Å². The van der Waals surface area contributed by atoms with Crippen LogP contribution in [-0.2, 0) is 5.54 Å². The zero-order chi connectivity index (χ0) is 13.4. The Hall–Kier alpha value is -1.02. The monoisotopic (exact) mass is 249 g/mol. The second kappa shape index (κ2) is 7.42. The molecule has 0 radical (unpaired) electrons. The van der Waals surface area contributed by atoms with E-state index < -0.39 is 0 Å². The van der Waals surface area contributed by atoms with Crippen molar-refractivity contribution < 1.29 is 4.74 Å². The van der Waals surface area contributed by atoms with Gasteiger partial charge in [-0.15, -0.1) is 0 Å². The van der Waals surface area contributed by atoms with Crippen LogP contribution in [-0.4, -0.2) is 7.11 Å². The van der Waals surface area contributed by atoms with E-state index in [0.29, 0.717) is 0 Å². The fraction of sp³-hybridized carbons (Fsp3) is 0.625. The predicted octanol–water partition coefficient (Wildman–Crippen LogP) is 4.23. The van der Waals surface area contributed by atoms with Crippen molar-refractivity contribution in [3.8, 4) is 5.75 Å². The maximum atomic E-state index is 6.40. The number of rotatable bonds is 8. The summed E-state index contributed by atoms with van der Waals surface area (Å²) < 4.78 is 5.17. The van der Waals surface area contributed by atoms with E-state index in [0.717, 1.165) is 12.2 Å². The van der Waals surface area contributed by atoms with Crippen molar-refractivity contribution in [1.82, 2.24) is 0 Å². The molecule has 1 aromatic carbocycles.